The number of hydrogen-bond donors (Lipinski definition) is 2. The fourth-order valence-electron chi connectivity index (χ4n) is 1.28. The molecule has 1 aromatic rings. The molecule has 1 aromatic carbocycles. The van der Waals surface area contributed by atoms with E-state index in [0.29, 0.717) is 11.3 Å². The van der Waals surface area contributed by atoms with Gasteiger partial charge < -0.3 is 15.6 Å². The van der Waals surface area contributed by atoms with E-state index >= 15 is 0 Å². The van der Waals surface area contributed by atoms with Crippen LogP contribution in [0.4, 0.5) is 0 Å². The first kappa shape index (κ1) is 10.4. The predicted octanol–water partition coefficient (Wildman–Crippen LogP) is 1.31. The molecule has 0 aliphatic heterocycles. The van der Waals surface area contributed by atoms with Crippen molar-refractivity contribution >= 4 is 0 Å². The summed E-state index contributed by atoms with van der Waals surface area (Å²) in [6.07, 6.45) is 0.147. The molecule has 0 fully saturated rings. The Morgan fingerprint density at radius 3 is 2.93 bits per heavy atom. The molecule has 0 saturated heterocycles. The highest BCUT2D eigenvalue weighted by atomic mass is 16.5. The van der Waals surface area contributed by atoms with Crippen molar-refractivity contribution in [3.63, 3.8) is 0 Å². The summed E-state index contributed by atoms with van der Waals surface area (Å²) in [5, 5.41) is 18.1. The van der Waals surface area contributed by atoms with E-state index in [1.807, 2.05) is 6.07 Å². The maximum Gasteiger partial charge on any atom is 0.127 e. The molecule has 4 heteroatoms. The van der Waals surface area contributed by atoms with E-state index in [4.69, 9.17) is 15.7 Å². The van der Waals surface area contributed by atoms with Gasteiger partial charge in [-0.1, -0.05) is 6.07 Å². The Kier molecular flexibility index (Phi) is 3.32. The second-order valence-corrected chi connectivity index (χ2v) is 2.86. The van der Waals surface area contributed by atoms with E-state index in [9.17, 15) is 5.11 Å². The van der Waals surface area contributed by atoms with E-state index < -0.39 is 6.04 Å². The summed E-state index contributed by atoms with van der Waals surface area (Å²) in [6.45, 7) is 0. The van der Waals surface area contributed by atoms with Crippen LogP contribution >= 0.6 is 0 Å². The van der Waals surface area contributed by atoms with Gasteiger partial charge in [-0.2, -0.15) is 5.26 Å². The van der Waals surface area contributed by atoms with Crippen molar-refractivity contribution in [3.05, 3.63) is 23.8 Å². The Morgan fingerprint density at radius 1 is 1.64 bits per heavy atom. The van der Waals surface area contributed by atoms with Gasteiger partial charge in [-0.3, -0.25) is 0 Å². The van der Waals surface area contributed by atoms with Crippen LogP contribution < -0.4 is 10.5 Å². The topological polar surface area (TPSA) is 79.3 Å². The van der Waals surface area contributed by atoms with Gasteiger partial charge in [0, 0.05) is 0 Å². The molecular weight excluding hydrogens is 180 g/mol. The minimum Gasteiger partial charge on any atom is -0.507 e. The van der Waals surface area contributed by atoms with Gasteiger partial charge in [0.05, 0.1) is 31.2 Å². The van der Waals surface area contributed by atoms with Crippen LogP contribution in [0.2, 0.25) is 0 Å². The number of nitrogens with zero attached hydrogens (tertiary/aromatic N) is 1. The third-order valence-electron chi connectivity index (χ3n) is 1.95. The highest BCUT2D eigenvalue weighted by Gasteiger charge is 2.15. The number of rotatable bonds is 3. The molecule has 0 bridgehead atoms. The molecule has 0 aromatic heterocycles. The van der Waals surface area contributed by atoms with E-state index in [-0.39, 0.29) is 12.2 Å². The average Bonchev–Trinajstić information content (AvgIpc) is 2.17. The molecule has 3 N–H and O–H groups in total. The zero-order chi connectivity index (χ0) is 10.6. The zero-order valence-corrected chi connectivity index (χ0v) is 7.90. The summed E-state index contributed by atoms with van der Waals surface area (Å²) in [6, 6.07) is 6.32. The Hall–Kier alpha value is -1.73. The van der Waals surface area contributed by atoms with Crippen LogP contribution in [0.5, 0.6) is 11.5 Å². The monoisotopic (exact) mass is 192 g/mol. The highest BCUT2D eigenvalue weighted by Crippen LogP contribution is 2.33. The van der Waals surface area contributed by atoms with Gasteiger partial charge in [-0.15, -0.1) is 0 Å². The molecule has 0 aliphatic carbocycles. The standard InChI is InChI=1S/C10H12N2O2/c1-14-9-4-2-3-8(13)10(9)7(12)5-6-11/h2-4,7,13H,5,12H2,1H3/t7-/m0/s1. The molecule has 0 amide bonds. The highest BCUT2D eigenvalue weighted by molar-refractivity contribution is 5.46. The number of aromatic hydroxyl groups is 1. The predicted molar refractivity (Wildman–Crippen MR) is 51.8 cm³/mol. The number of phenolic OH excluding ortho intramolecular Hbond substituents is 1. The van der Waals surface area contributed by atoms with Crippen molar-refractivity contribution < 1.29 is 9.84 Å². The minimum atomic E-state index is -0.517. The summed E-state index contributed by atoms with van der Waals surface area (Å²) in [5.41, 5.74) is 6.20. The third-order valence-corrected chi connectivity index (χ3v) is 1.95. The van der Waals surface area contributed by atoms with Crippen LogP contribution in [0, 0.1) is 11.3 Å². The lowest BCUT2D eigenvalue weighted by Gasteiger charge is -2.14. The number of nitrogens with two attached hydrogens (primary N) is 1. The lowest BCUT2D eigenvalue weighted by molar-refractivity contribution is 0.394. The number of methoxy groups -OCH3 is 1. The van der Waals surface area contributed by atoms with E-state index in [1.54, 1.807) is 12.1 Å². The van der Waals surface area contributed by atoms with Gasteiger partial charge in [0.1, 0.15) is 11.5 Å². The number of hydrogen-bond acceptors (Lipinski definition) is 4. The molecule has 0 aliphatic rings. The van der Waals surface area contributed by atoms with Crippen LogP contribution in [0.25, 0.3) is 0 Å². The van der Waals surface area contributed by atoms with E-state index in [1.165, 1.54) is 13.2 Å². The van der Waals surface area contributed by atoms with E-state index in [2.05, 4.69) is 0 Å². The van der Waals surface area contributed by atoms with Gasteiger partial charge in [-0.25, -0.2) is 0 Å². The average molecular weight is 192 g/mol. The van der Waals surface area contributed by atoms with Gasteiger partial charge in [0.15, 0.2) is 0 Å². The second kappa shape index (κ2) is 4.49. The quantitative estimate of drug-likeness (QED) is 0.756. The Labute approximate surface area is 82.5 Å². The van der Waals surface area contributed by atoms with Crippen LogP contribution in [-0.2, 0) is 0 Å². The molecule has 0 unspecified atom stereocenters. The molecule has 0 spiro atoms. The molecule has 0 saturated carbocycles. The summed E-state index contributed by atoms with van der Waals surface area (Å²) in [7, 11) is 1.50. The lowest BCUT2D eigenvalue weighted by atomic mass is 10.0. The molecule has 1 atom stereocenters. The maximum atomic E-state index is 9.55. The first-order valence-corrected chi connectivity index (χ1v) is 4.19. The fraction of sp³-hybridized carbons (Fsp3) is 0.300. The summed E-state index contributed by atoms with van der Waals surface area (Å²) >= 11 is 0. The normalized spacial score (nSPS) is 11.8. The molecule has 14 heavy (non-hydrogen) atoms. The third kappa shape index (κ3) is 1.95. The Morgan fingerprint density at radius 2 is 2.36 bits per heavy atom. The number of benzene rings is 1. The van der Waals surface area contributed by atoms with Crippen LogP contribution in [-0.4, -0.2) is 12.2 Å². The Balaban J connectivity index is 3.11. The van der Waals surface area contributed by atoms with Crippen molar-refractivity contribution in [3.8, 4) is 17.6 Å². The molecule has 74 valence electrons. The van der Waals surface area contributed by atoms with Gasteiger partial charge in [0.25, 0.3) is 0 Å². The fourth-order valence-corrected chi connectivity index (χ4v) is 1.28. The van der Waals surface area contributed by atoms with Gasteiger partial charge in [0.2, 0.25) is 0 Å². The summed E-state index contributed by atoms with van der Waals surface area (Å²) in [5.74, 6) is 0.569. The SMILES string of the molecule is COc1cccc(O)c1[C@@H](N)CC#N. The maximum absolute atomic E-state index is 9.55. The zero-order valence-electron chi connectivity index (χ0n) is 7.90. The molecule has 1 rings (SSSR count). The largest absolute Gasteiger partial charge is 0.507 e. The van der Waals surface area contributed by atoms with Crippen LogP contribution in [0.1, 0.15) is 18.0 Å². The number of nitriles is 1. The lowest BCUT2D eigenvalue weighted by Crippen LogP contribution is -2.10. The van der Waals surface area contributed by atoms with E-state index in [0.717, 1.165) is 0 Å². The number of phenols is 1. The summed E-state index contributed by atoms with van der Waals surface area (Å²) < 4.78 is 5.04. The minimum absolute atomic E-state index is 0.0621. The van der Waals surface area contributed by atoms with Crippen LogP contribution in [0.15, 0.2) is 18.2 Å². The molecule has 0 heterocycles. The van der Waals surface area contributed by atoms with Crippen molar-refractivity contribution in [1.29, 1.82) is 5.26 Å². The van der Waals surface area contributed by atoms with Crippen molar-refractivity contribution in [2.75, 3.05) is 7.11 Å². The first-order valence-electron chi connectivity index (χ1n) is 4.19. The van der Waals surface area contributed by atoms with Crippen molar-refractivity contribution in [1.82, 2.24) is 0 Å². The van der Waals surface area contributed by atoms with Crippen LogP contribution in [0.3, 0.4) is 0 Å². The molecule has 0 radical (unpaired) electrons. The van der Waals surface area contributed by atoms with Crippen molar-refractivity contribution in [2.45, 2.75) is 12.5 Å². The second-order valence-electron chi connectivity index (χ2n) is 2.86. The number of ether oxygens (including phenoxy) is 1. The molecular formula is C10H12N2O2. The smallest absolute Gasteiger partial charge is 0.127 e. The van der Waals surface area contributed by atoms with Crippen molar-refractivity contribution in [2.24, 2.45) is 5.73 Å². The molecule has 4 nitrogen and oxygen atoms in total. The van der Waals surface area contributed by atoms with Gasteiger partial charge in [-0.05, 0) is 12.1 Å². The Bertz CT molecular complexity index is 358. The first-order chi connectivity index (χ1) is 6.70. The summed E-state index contributed by atoms with van der Waals surface area (Å²) in [4.78, 5) is 0. The van der Waals surface area contributed by atoms with Gasteiger partial charge >= 0.3 is 0 Å².